The van der Waals surface area contributed by atoms with Crippen molar-refractivity contribution in [1.82, 2.24) is 20.9 Å². The minimum absolute atomic E-state index is 0.00172. The summed E-state index contributed by atoms with van der Waals surface area (Å²) in [7, 11) is 4.25. The van der Waals surface area contributed by atoms with Gasteiger partial charge in [-0.15, -0.1) is 11.3 Å². The van der Waals surface area contributed by atoms with Crippen molar-refractivity contribution in [2.75, 3.05) is 20.6 Å². The van der Waals surface area contributed by atoms with Crippen molar-refractivity contribution >= 4 is 29.2 Å². The highest BCUT2D eigenvalue weighted by Gasteiger charge is 2.40. The Hall–Kier alpha value is -2.91. The largest absolute Gasteiger partial charge is 0.445 e. The lowest BCUT2D eigenvalue weighted by atomic mass is 9.77. The number of nitrogens with zero attached hydrogens (tertiary/aromatic N) is 1. The highest BCUT2D eigenvalue weighted by molar-refractivity contribution is 7.10. The molecule has 2 aromatic rings. The van der Waals surface area contributed by atoms with E-state index in [1.165, 1.54) is 4.88 Å². The first kappa shape index (κ1) is 28.7. The number of nitrogens with one attached hydrogen (secondary N) is 3. The molecule has 1 saturated carbocycles. The first-order valence-corrected chi connectivity index (χ1v) is 13.8. The van der Waals surface area contributed by atoms with Gasteiger partial charge in [-0.2, -0.15) is 0 Å². The number of hydrogen-bond donors (Lipinski definition) is 3. The third kappa shape index (κ3) is 8.30. The molecule has 0 spiro atoms. The predicted octanol–water partition coefficient (Wildman–Crippen LogP) is 4.02. The van der Waals surface area contributed by atoms with Crippen LogP contribution >= 0.6 is 11.3 Å². The summed E-state index contributed by atoms with van der Waals surface area (Å²) < 4.78 is 5.14. The summed E-state index contributed by atoms with van der Waals surface area (Å²) in [5.74, 6) is -0.385. The fourth-order valence-electron chi connectivity index (χ4n) is 4.87. The fraction of sp³-hybridized carbons (Fsp3) is 0.536. The van der Waals surface area contributed by atoms with Gasteiger partial charge >= 0.3 is 6.09 Å². The third-order valence-corrected chi connectivity index (χ3v) is 8.02. The summed E-state index contributed by atoms with van der Waals surface area (Å²) >= 11 is 1.78. The van der Waals surface area contributed by atoms with Crippen molar-refractivity contribution in [2.24, 2.45) is 5.92 Å². The van der Waals surface area contributed by atoms with Gasteiger partial charge in [0, 0.05) is 10.9 Å². The summed E-state index contributed by atoms with van der Waals surface area (Å²) in [4.78, 5) is 41.3. The Morgan fingerprint density at radius 2 is 1.78 bits per heavy atom. The zero-order valence-corrected chi connectivity index (χ0v) is 23.1. The fourth-order valence-corrected chi connectivity index (χ4v) is 5.94. The molecule has 0 bridgehead atoms. The molecular formula is C28H40N4O4S. The van der Waals surface area contributed by atoms with Crippen LogP contribution in [0, 0.1) is 5.92 Å². The average Bonchev–Trinajstić information content (AvgIpc) is 3.42. The van der Waals surface area contributed by atoms with Gasteiger partial charge < -0.3 is 20.7 Å². The average molecular weight is 529 g/mol. The van der Waals surface area contributed by atoms with Crippen molar-refractivity contribution in [3.8, 4) is 0 Å². The maximum atomic E-state index is 13.2. The highest BCUT2D eigenvalue weighted by atomic mass is 32.1. The molecule has 0 radical (unpaired) electrons. The van der Waals surface area contributed by atoms with Crippen LogP contribution in [0.3, 0.4) is 0 Å². The van der Waals surface area contributed by atoms with Crippen LogP contribution in [-0.4, -0.2) is 55.5 Å². The van der Waals surface area contributed by atoms with Crippen molar-refractivity contribution in [1.29, 1.82) is 0 Å². The molecule has 3 N–H and O–H groups in total. The van der Waals surface area contributed by atoms with Gasteiger partial charge in [0.15, 0.2) is 0 Å². The topological polar surface area (TPSA) is 99.8 Å². The molecule has 8 nitrogen and oxygen atoms in total. The molecule has 9 heteroatoms. The second-order valence-corrected chi connectivity index (χ2v) is 11.3. The molecule has 3 amide bonds. The lowest BCUT2D eigenvalue weighted by molar-refractivity contribution is -0.129. The molecule has 1 aliphatic carbocycles. The number of ether oxygens (including phenoxy) is 1. The van der Waals surface area contributed by atoms with E-state index < -0.39 is 18.0 Å². The minimum atomic E-state index is -0.679. The standard InChI is InChI=1S/C28H40N4O4S/c1-20(2)17-23(31-25(33)18-29-27(35)36-19-21-9-6-5-7-10-21)26(34)30-22-12-14-28(15-13-22,32(3)4)24-11-8-16-37-24/h5-11,16,20,22-23H,12-15,17-19H2,1-4H3,(H,29,35)(H,30,34)(H,31,33). The predicted molar refractivity (Wildman–Crippen MR) is 146 cm³/mol. The first-order chi connectivity index (χ1) is 17.7. The van der Waals surface area contributed by atoms with Crippen LogP contribution < -0.4 is 16.0 Å². The molecule has 1 aromatic carbocycles. The summed E-state index contributed by atoms with van der Waals surface area (Å²) in [5.41, 5.74) is 0.860. The number of hydrogen-bond acceptors (Lipinski definition) is 6. The van der Waals surface area contributed by atoms with E-state index in [1.807, 2.05) is 44.2 Å². The lowest BCUT2D eigenvalue weighted by Gasteiger charge is -2.45. The molecule has 1 fully saturated rings. The van der Waals surface area contributed by atoms with Crippen LogP contribution in [0.2, 0.25) is 0 Å². The van der Waals surface area contributed by atoms with Crippen LogP contribution in [0.25, 0.3) is 0 Å². The smallest absolute Gasteiger partial charge is 0.407 e. The molecule has 202 valence electrons. The lowest BCUT2D eigenvalue weighted by Crippen LogP contribution is -2.54. The monoisotopic (exact) mass is 528 g/mol. The Morgan fingerprint density at radius 3 is 2.38 bits per heavy atom. The summed E-state index contributed by atoms with van der Waals surface area (Å²) in [6.07, 6.45) is 3.50. The van der Waals surface area contributed by atoms with Gasteiger partial charge in [-0.05, 0) is 69.1 Å². The van der Waals surface area contributed by atoms with Crippen molar-refractivity contribution in [2.45, 2.75) is 70.2 Å². The van der Waals surface area contributed by atoms with Crippen LogP contribution in [-0.2, 0) is 26.5 Å². The highest BCUT2D eigenvalue weighted by Crippen LogP contribution is 2.43. The zero-order valence-electron chi connectivity index (χ0n) is 22.3. The van der Waals surface area contributed by atoms with E-state index in [0.717, 1.165) is 31.2 Å². The summed E-state index contributed by atoms with van der Waals surface area (Å²) in [6.45, 7) is 3.89. The van der Waals surface area contributed by atoms with Crippen LogP contribution in [0.1, 0.15) is 56.4 Å². The van der Waals surface area contributed by atoms with E-state index in [4.69, 9.17) is 4.74 Å². The molecule has 0 saturated heterocycles. The van der Waals surface area contributed by atoms with Gasteiger partial charge in [0.1, 0.15) is 19.2 Å². The summed E-state index contributed by atoms with van der Waals surface area (Å²) in [6, 6.07) is 13.0. The van der Waals surface area contributed by atoms with Crippen LogP contribution in [0.15, 0.2) is 47.8 Å². The SMILES string of the molecule is CC(C)CC(NC(=O)CNC(=O)OCc1ccccc1)C(=O)NC1CCC(c2cccs2)(N(C)C)CC1. The van der Waals surface area contributed by atoms with Gasteiger partial charge in [0.2, 0.25) is 11.8 Å². The quantitative estimate of drug-likeness (QED) is 0.409. The molecule has 3 rings (SSSR count). The Bertz CT molecular complexity index is 1000. The van der Waals surface area contributed by atoms with E-state index in [-0.39, 0.29) is 36.6 Å². The van der Waals surface area contributed by atoms with Gasteiger partial charge in [-0.1, -0.05) is 50.2 Å². The van der Waals surface area contributed by atoms with Crippen molar-refractivity contribution in [3.63, 3.8) is 0 Å². The summed E-state index contributed by atoms with van der Waals surface area (Å²) in [5, 5.41) is 10.5. The van der Waals surface area contributed by atoms with E-state index in [1.54, 1.807) is 11.3 Å². The number of amides is 3. The zero-order chi connectivity index (χ0) is 26.8. The minimum Gasteiger partial charge on any atom is -0.445 e. The van der Waals surface area contributed by atoms with Gasteiger partial charge in [-0.3, -0.25) is 14.5 Å². The molecule has 37 heavy (non-hydrogen) atoms. The molecule has 1 unspecified atom stereocenters. The van der Waals surface area contributed by atoms with E-state index in [0.29, 0.717) is 6.42 Å². The number of carbonyl (C=O) groups excluding carboxylic acids is 3. The van der Waals surface area contributed by atoms with Crippen LogP contribution in [0.4, 0.5) is 4.79 Å². The number of benzene rings is 1. The van der Waals surface area contributed by atoms with E-state index >= 15 is 0 Å². The second kappa shape index (κ2) is 13.6. The van der Waals surface area contributed by atoms with E-state index in [2.05, 4.69) is 52.5 Å². The Labute approximate surface area is 224 Å². The second-order valence-electron chi connectivity index (χ2n) is 10.4. The van der Waals surface area contributed by atoms with Crippen LogP contribution in [0.5, 0.6) is 0 Å². The van der Waals surface area contributed by atoms with E-state index in [9.17, 15) is 14.4 Å². The van der Waals surface area contributed by atoms with Gasteiger partial charge in [0.25, 0.3) is 0 Å². The van der Waals surface area contributed by atoms with Crippen molar-refractivity contribution < 1.29 is 19.1 Å². The van der Waals surface area contributed by atoms with Gasteiger partial charge in [-0.25, -0.2) is 4.79 Å². The van der Waals surface area contributed by atoms with Gasteiger partial charge in [0.05, 0.1) is 5.54 Å². The molecule has 1 aromatic heterocycles. The Morgan fingerprint density at radius 1 is 1.08 bits per heavy atom. The molecular weight excluding hydrogens is 488 g/mol. The normalized spacial score (nSPS) is 20.3. The maximum absolute atomic E-state index is 13.2. The number of alkyl carbamates (subject to hydrolysis) is 1. The first-order valence-electron chi connectivity index (χ1n) is 13.0. The Kier molecular flexibility index (Phi) is 10.5. The number of carbonyl (C=O) groups is 3. The third-order valence-electron chi connectivity index (χ3n) is 6.96. The van der Waals surface area contributed by atoms with Crippen molar-refractivity contribution in [3.05, 3.63) is 58.3 Å². The number of thiophene rings is 1. The molecule has 1 atom stereocenters. The Balaban J connectivity index is 1.48. The molecule has 0 aliphatic heterocycles. The molecule has 1 aliphatic rings. The maximum Gasteiger partial charge on any atom is 0.407 e. The molecule has 1 heterocycles. The number of rotatable bonds is 11.